The number of aromatic nitrogens is 4. The number of piperazine rings is 1. The Labute approximate surface area is 215 Å². The van der Waals surface area contributed by atoms with E-state index in [-0.39, 0.29) is 18.2 Å². The standard InChI is InChI=1S/C20H22Cl2N6O.C4H9NO/c1-12-10-26(6-7-27(12)11-29)18-9-23-19-13(2)25-28(20(19)24-18)14(3)16-5-4-15(21)8-17(16)22;6-4-1-2-5-3-4/h4-5,8-9,11-12,14H,6-7,10H2,1-3H3;4-6H,1-3H2/t12-,14?;4-/m10/s1. The molecule has 2 aromatic heterocycles. The minimum Gasteiger partial charge on any atom is -0.392 e. The van der Waals surface area contributed by atoms with Gasteiger partial charge in [-0.15, -0.1) is 0 Å². The lowest BCUT2D eigenvalue weighted by Crippen LogP contribution is -2.51. The van der Waals surface area contributed by atoms with Gasteiger partial charge in [-0.2, -0.15) is 5.10 Å². The Kier molecular flexibility index (Phi) is 8.11. The fraction of sp³-hybridized carbons (Fsp3) is 0.500. The Morgan fingerprint density at radius 3 is 2.69 bits per heavy atom. The minimum absolute atomic E-state index is 0.0648. The fourth-order valence-electron chi connectivity index (χ4n) is 4.41. The Bertz CT molecular complexity index is 1180. The molecule has 9 nitrogen and oxygen atoms in total. The second-order valence-corrected chi connectivity index (χ2v) is 9.90. The average Bonchev–Trinajstić information content (AvgIpc) is 3.45. The number of aliphatic hydroxyl groups is 1. The summed E-state index contributed by atoms with van der Waals surface area (Å²) in [4.78, 5) is 24.6. The van der Waals surface area contributed by atoms with Crippen LogP contribution in [-0.4, -0.2) is 81.0 Å². The first kappa shape index (κ1) is 25.6. The first-order valence-corrected chi connectivity index (χ1v) is 12.6. The molecule has 2 saturated heterocycles. The van der Waals surface area contributed by atoms with Gasteiger partial charge in [-0.1, -0.05) is 29.3 Å². The van der Waals surface area contributed by atoms with Crippen LogP contribution in [-0.2, 0) is 4.79 Å². The highest BCUT2D eigenvalue weighted by atomic mass is 35.5. The number of nitrogens with zero attached hydrogens (tertiary/aromatic N) is 6. The van der Waals surface area contributed by atoms with Crippen molar-refractivity contribution in [3.05, 3.63) is 45.7 Å². The molecule has 3 aromatic rings. The summed E-state index contributed by atoms with van der Waals surface area (Å²) in [7, 11) is 0. The first-order valence-electron chi connectivity index (χ1n) is 11.8. The number of hydrogen-bond acceptors (Lipinski definition) is 7. The predicted molar refractivity (Wildman–Crippen MR) is 138 cm³/mol. The summed E-state index contributed by atoms with van der Waals surface area (Å²) < 4.78 is 1.86. The van der Waals surface area contributed by atoms with Crippen molar-refractivity contribution in [2.45, 2.75) is 45.4 Å². The molecular formula is C24H31Cl2N7O2. The molecule has 0 bridgehead atoms. The zero-order valence-corrected chi connectivity index (χ0v) is 21.7. The summed E-state index contributed by atoms with van der Waals surface area (Å²) in [6, 6.07) is 5.46. The van der Waals surface area contributed by atoms with Crippen LogP contribution < -0.4 is 10.2 Å². The van der Waals surface area contributed by atoms with Crippen molar-refractivity contribution in [1.82, 2.24) is 30.0 Å². The number of carbonyl (C=O) groups excluding carboxylic acids is 1. The second-order valence-electron chi connectivity index (χ2n) is 9.06. The van der Waals surface area contributed by atoms with E-state index in [0.717, 1.165) is 55.1 Å². The van der Waals surface area contributed by atoms with Crippen LogP contribution in [0.15, 0.2) is 24.4 Å². The number of amides is 1. The molecule has 2 fully saturated rings. The SMILES string of the molecule is Cc1nn(C(C)c2ccc(Cl)cc2Cl)c2nc(N3CCN(C=O)[C@H](C)C3)cnc12.O[C@H]1CCNC1. The van der Waals surface area contributed by atoms with E-state index in [0.29, 0.717) is 28.8 Å². The van der Waals surface area contributed by atoms with Crippen LogP contribution in [0.4, 0.5) is 5.82 Å². The third kappa shape index (κ3) is 5.69. The quantitative estimate of drug-likeness (QED) is 0.511. The summed E-state index contributed by atoms with van der Waals surface area (Å²) in [6.45, 7) is 9.86. The molecule has 1 aromatic carbocycles. The van der Waals surface area contributed by atoms with E-state index in [1.165, 1.54) is 0 Å². The molecule has 11 heteroatoms. The number of fused-ring (bicyclic) bond motifs is 1. The van der Waals surface area contributed by atoms with Gasteiger partial charge < -0.3 is 20.2 Å². The largest absolute Gasteiger partial charge is 0.392 e. The van der Waals surface area contributed by atoms with Crippen LogP contribution in [0, 0.1) is 6.92 Å². The van der Waals surface area contributed by atoms with Gasteiger partial charge in [0, 0.05) is 42.3 Å². The normalized spacial score (nSPS) is 21.1. The molecule has 3 atom stereocenters. The smallest absolute Gasteiger partial charge is 0.210 e. The van der Waals surface area contributed by atoms with Crippen LogP contribution in [0.25, 0.3) is 11.2 Å². The molecule has 4 heterocycles. The third-order valence-corrected chi connectivity index (χ3v) is 7.07. The zero-order chi connectivity index (χ0) is 25.1. The topological polar surface area (TPSA) is 99.4 Å². The van der Waals surface area contributed by atoms with E-state index in [1.54, 1.807) is 12.3 Å². The molecule has 35 heavy (non-hydrogen) atoms. The lowest BCUT2D eigenvalue weighted by molar-refractivity contribution is -0.120. The van der Waals surface area contributed by atoms with Crippen LogP contribution in [0.2, 0.25) is 10.0 Å². The van der Waals surface area contributed by atoms with Gasteiger partial charge in [-0.05, 0) is 51.4 Å². The minimum atomic E-state index is -0.133. The predicted octanol–water partition coefficient (Wildman–Crippen LogP) is 3.06. The van der Waals surface area contributed by atoms with Gasteiger partial charge in [0.05, 0.1) is 24.0 Å². The van der Waals surface area contributed by atoms with E-state index in [1.807, 2.05) is 42.5 Å². The van der Waals surface area contributed by atoms with Crippen molar-refractivity contribution in [3.63, 3.8) is 0 Å². The van der Waals surface area contributed by atoms with Crippen molar-refractivity contribution in [1.29, 1.82) is 0 Å². The van der Waals surface area contributed by atoms with Gasteiger partial charge in [0.25, 0.3) is 0 Å². The van der Waals surface area contributed by atoms with Crippen molar-refractivity contribution in [3.8, 4) is 0 Å². The summed E-state index contributed by atoms with van der Waals surface area (Å²) >= 11 is 12.5. The number of nitrogens with one attached hydrogen (secondary N) is 1. The molecule has 2 aliphatic heterocycles. The number of carbonyl (C=O) groups is 1. The molecule has 0 radical (unpaired) electrons. The fourth-order valence-corrected chi connectivity index (χ4v) is 4.98. The van der Waals surface area contributed by atoms with Crippen LogP contribution in [0.3, 0.4) is 0 Å². The molecule has 188 valence electrons. The Morgan fingerprint density at radius 2 is 2.09 bits per heavy atom. The van der Waals surface area contributed by atoms with E-state index in [2.05, 4.69) is 20.3 Å². The highest BCUT2D eigenvalue weighted by molar-refractivity contribution is 6.35. The van der Waals surface area contributed by atoms with Crippen LogP contribution in [0.1, 0.15) is 37.6 Å². The summed E-state index contributed by atoms with van der Waals surface area (Å²) in [5.74, 6) is 0.783. The molecule has 2 aliphatic rings. The molecule has 0 saturated carbocycles. The highest BCUT2D eigenvalue weighted by Gasteiger charge is 2.25. The van der Waals surface area contributed by atoms with E-state index >= 15 is 0 Å². The Balaban J connectivity index is 0.000000421. The zero-order valence-electron chi connectivity index (χ0n) is 20.2. The highest BCUT2D eigenvalue weighted by Crippen LogP contribution is 2.31. The third-order valence-electron chi connectivity index (χ3n) is 6.51. The van der Waals surface area contributed by atoms with Crippen molar-refractivity contribution in [2.24, 2.45) is 0 Å². The van der Waals surface area contributed by atoms with Gasteiger partial charge in [-0.25, -0.2) is 14.6 Å². The maximum absolute atomic E-state index is 11.1. The monoisotopic (exact) mass is 519 g/mol. The molecular weight excluding hydrogens is 489 g/mol. The van der Waals surface area contributed by atoms with Crippen molar-refractivity contribution < 1.29 is 9.90 Å². The molecule has 2 N–H and O–H groups in total. The second kappa shape index (κ2) is 11.1. The van der Waals surface area contributed by atoms with Gasteiger partial charge >= 0.3 is 0 Å². The number of halogens is 2. The summed E-state index contributed by atoms with van der Waals surface area (Å²) in [5.41, 5.74) is 3.21. The lowest BCUT2D eigenvalue weighted by Gasteiger charge is -2.38. The van der Waals surface area contributed by atoms with Gasteiger partial charge in [0.1, 0.15) is 11.3 Å². The summed E-state index contributed by atoms with van der Waals surface area (Å²) in [5, 5.41) is 17.6. The van der Waals surface area contributed by atoms with E-state index in [9.17, 15) is 4.79 Å². The van der Waals surface area contributed by atoms with E-state index in [4.69, 9.17) is 33.3 Å². The number of hydrogen-bond donors (Lipinski definition) is 2. The molecule has 1 unspecified atom stereocenters. The molecule has 5 rings (SSSR count). The maximum Gasteiger partial charge on any atom is 0.210 e. The number of aliphatic hydroxyl groups excluding tert-OH is 1. The van der Waals surface area contributed by atoms with Gasteiger partial charge in [0.15, 0.2) is 5.65 Å². The summed E-state index contributed by atoms with van der Waals surface area (Å²) in [6.07, 6.45) is 3.56. The number of anilines is 1. The van der Waals surface area contributed by atoms with Gasteiger partial charge in [-0.3, -0.25) is 4.79 Å². The Morgan fingerprint density at radius 1 is 1.29 bits per heavy atom. The lowest BCUT2D eigenvalue weighted by atomic mass is 10.1. The first-order chi connectivity index (χ1) is 16.8. The van der Waals surface area contributed by atoms with Crippen LogP contribution in [0.5, 0.6) is 0 Å². The molecule has 1 amide bonds. The molecule has 0 aliphatic carbocycles. The van der Waals surface area contributed by atoms with Gasteiger partial charge in [0.2, 0.25) is 6.41 Å². The maximum atomic E-state index is 11.1. The number of benzene rings is 1. The Hall–Kier alpha value is -2.46. The molecule has 0 spiro atoms. The van der Waals surface area contributed by atoms with Crippen LogP contribution >= 0.6 is 23.2 Å². The van der Waals surface area contributed by atoms with Crippen molar-refractivity contribution in [2.75, 3.05) is 37.6 Å². The number of aryl methyl sites for hydroxylation is 1. The number of β-amino-alcohol motifs (C(OH)–C–C–N with tert-alkyl or cyclic N) is 1. The average molecular weight is 520 g/mol. The van der Waals surface area contributed by atoms with Crippen molar-refractivity contribution >= 4 is 46.6 Å². The van der Waals surface area contributed by atoms with E-state index < -0.39 is 0 Å². The number of rotatable bonds is 4.